The van der Waals surface area contributed by atoms with Crippen LogP contribution in [-0.4, -0.2) is 35.9 Å². The van der Waals surface area contributed by atoms with Crippen molar-refractivity contribution in [2.75, 3.05) is 20.8 Å². The first-order chi connectivity index (χ1) is 13.9. The molecule has 0 fully saturated rings. The molecule has 0 saturated carbocycles. The van der Waals surface area contributed by atoms with E-state index in [9.17, 15) is 10.2 Å². The van der Waals surface area contributed by atoms with Crippen LogP contribution in [0, 0.1) is 0 Å². The second-order valence-corrected chi connectivity index (χ2v) is 7.84. The fourth-order valence-corrected chi connectivity index (χ4v) is 5.32. The topological polar surface area (TPSA) is 62.2 Å². The van der Waals surface area contributed by atoms with Gasteiger partial charge in [-0.1, -0.05) is 19.9 Å². The summed E-state index contributed by atoms with van der Waals surface area (Å²) in [6.07, 6.45) is 2.63. The summed E-state index contributed by atoms with van der Waals surface area (Å²) >= 11 is 0. The lowest BCUT2D eigenvalue weighted by Crippen LogP contribution is -2.50. The summed E-state index contributed by atoms with van der Waals surface area (Å²) in [5, 5.41) is 20.2. The van der Waals surface area contributed by atoms with E-state index in [0.29, 0.717) is 0 Å². The Morgan fingerprint density at radius 1 is 1.00 bits per heavy atom. The van der Waals surface area contributed by atoms with Gasteiger partial charge in [0.25, 0.3) is 0 Å². The minimum absolute atomic E-state index is 0.0599. The molecule has 0 amide bonds. The number of hydrogen-bond donors (Lipinski definition) is 2. The van der Waals surface area contributed by atoms with E-state index < -0.39 is 0 Å². The lowest BCUT2D eigenvalue weighted by atomic mass is 9.72. The van der Waals surface area contributed by atoms with Crippen LogP contribution < -0.4 is 9.47 Å². The van der Waals surface area contributed by atoms with Crippen LogP contribution in [0.3, 0.4) is 0 Å². The molecule has 0 bridgehead atoms. The Kier molecular flexibility index (Phi) is 4.64. The van der Waals surface area contributed by atoms with Crippen molar-refractivity contribution in [1.82, 2.24) is 4.90 Å². The van der Waals surface area contributed by atoms with E-state index in [0.717, 1.165) is 65.3 Å². The molecule has 0 saturated heterocycles. The van der Waals surface area contributed by atoms with E-state index in [1.807, 2.05) is 6.07 Å². The Labute approximate surface area is 172 Å². The molecule has 0 unspecified atom stereocenters. The van der Waals surface area contributed by atoms with Crippen LogP contribution >= 0.6 is 0 Å². The van der Waals surface area contributed by atoms with Crippen LogP contribution in [0.4, 0.5) is 0 Å². The van der Waals surface area contributed by atoms with Gasteiger partial charge in [0, 0.05) is 23.4 Å². The minimum Gasteiger partial charge on any atom is -0.504 e. The molecule has 29 heavy (non-hydrogen) atoms. The molecule has 2 aromatic carbocycles. The van der Waals surface area contributed by atoms with Gasteiger partial charge in [-0.3, -0.25) is 0 Å². The van der Waals surface area contributed by atoms with E-state index in [1.54, 1.807) is 26.4 Å². The Morgan fingerprint density at radius 2 is 1.69 bits per heavy atom. The number of methoxy groups -OCH3 is 2. The summed E-state index contributed by atoms with van der Waals surface area (Å²) in [5.74, 6) is 1.40. The highest BCUT2D eigenvalue weighted by molar-refractivity contribution is 5.95. The molecule has 0 aromatic heterocycles. The number of aromatic hydroxyl groups is 2. The molecule has 2 N–H and O–H groups in total. The summed E-state index contributed by atoms with van der Waals surface area (Å²) in [6.45, 7) is 7.40. The lowest BCUT2D eigenvalue weighted by molar-refractivity contribution is 0.133. The highest BCUT2D eigenvalue weighted by atomic mass is 16.5. The largest absolute Gasteiger partial charge is 0.504 e. The van der Waals surface area contributed by atoms with Gasteiger partial charge in [0.1, 0.15) is 0 Å². The van der Waals surface area contributed by atoms with Gasteiger partial charge >= 0.3 is 0 Å². The number of ether oxygens (including phenoxy) is 2. The van der Waals surface area contributed by atoms with Crippen molar-refractivity contribution in [3.63, 3.8) is 0 Å². The van der Waals surface area contributed by atoms with Gasteiger partial charge in [-0.05, 0) is 61.1 Å². The predicted molar refractivity (Wildman–Crippen MR) is 114 cm³/mol. The van der Waals surface area contributed by atoms with Crippen LogP contribution in [0.2, 0.25) is 0 Å². The normalized spacial score (nSPS) is 16.8. The molecule has 0 spiro atoms. The number of hydrogen-bond acceptors (Lipinski definition) is 5. The quantitative estimate of drug-likeness (QED) is 0.722. The Bertz CT molecular complexity index is 1000. The average Bonchev–Trinajstić information content (AvgIpc) is 2.74. The van der Waals surface area contributed by atoms with Crippen LogP contribution in [0.25, 0.3) is 11.3 Å². The van der Waals surface area contributed by atoms with Crippen molar-refractivity contribution < 1.29 is 19.7 Å². The van der Waals surface area contributed by atoms with Crippen LogP contribution in [0.5, 0.6) is 23.0 Å². The van der Waals surface area contributed by atoms with Gasteiger partial charge in [0.15, 0.2) is 23.0 Å². The maximum Gasteiger partial charge on any atom is 0.166 e. The van der Waals surface area contributed by atoms with Gasteiger partial charge < -0.3 is 24.6 Å². The zero-order valence-electron chi connectivity index (χ0n) is 17.8. The smallest absolute Gasteiger partial charge is 0.166 e. The molecule has 2 aromatic rings. The molecule has 0 aliphatic carbocycles. The van der Waals surface area contributed by atoms with Crippen LogP contribution in [-0.2, 0) is 12.0 Å². The summed E-state index contributed by atoms with van der Waals surface area (Å²) in [7, 11) is 3.38. The van der Waals surface area contributed by atoms with Crippen molar-refractivity contribution in [1.29, 1.82) is 0 Å². The van der Waals surface area contributed by atoms with Crippen molar-refractivity contribution in [3.05, 3.63) is 46.5 Å². The third kappa shape index (κ3) is 2.53. The molecule has 2 aliphatic heterocycles. The molecule has 2 heterocycles. The number of allylic oxidation sites excluding steroid dienone is 1. The van der Waals surface area contributed by atoms with Crippen LogP contribution in [0.15, 0.2) is 24.3 Å². The summed E-state index contributed by atoms with van der Waals surface area (Å²) in [5.41, 5.74) is 6.42. The third-order valence-electron chi connectivity index (χ3n) is 6.79. The first kappa shape index (κ1) is 19.5. The van der Waals surface area contributed by atoms with E-state index in [1.165, 1.54) is 5.56 Å². The van der Waals surface area contributed by atoms with Gasteiger partial charge in [-0.2, -0.15) is 0 Å². The van der Waals surface area contributed by atoms with E-state index in [-0.39, 0.29) is 17.0 Å². The van der Waals surface area contributed by atoms with Crippen molar-refractivity contribution in [3.8, 4) is 23.0 Å². The summed E-state index contributed by atoms with van der Waals surface area (Å²) in [6, 6.07) is 7.49. The number of benzene rings is 2. The molecule has 154 valence electrons. The molecular formula is C24H29NO4. The van der Waals surface area contributed by atoms with Crippen molar-refractivity contribution in [2.24, 2.45) is 0 Å². The number of phenols is 2. The second kappa shape index (κ2) is 6.90. The zero-order chi connectivity index (χ0) is 20.9. The second-order valence-electron chi connectivity index (χ2n) is 7.84. The van der Waals surface area contributed by atoms with E-state index in [4.69, 9.17) is 9.47 Å². The Hall–Kier alpha value is -2.82. The Morgan fingerprint density at radius 3 is 2.31 bits per heavy atom. The third-order valence-corrected chi connectivity index (χ3v) is 6.79. The van der Waals surface area contributed by atoms with Gasteiger partial charge in [0.05, 0.1) is 19.8 Å². The lowest BCUT2D eigenvalue weighted by Gasteiger charge is -2.53. The fraction of sp³-hybridized carbons (Fsp3) is 0.417. The van der Waals surface area contributed by atoms with Crippen molar-refractivity contribution in [2.45, 2.75) is 45.6 Å². The average molecular weight is 395 g/mol. The number of nitrogens with zero attached hydrogens (tertiary/aromatic N) is 1. The predicted octanol–water partition coefficient (Wildman–Crippen LogP) is 4.89. The molecule has 0 atom stereocenters. The molecular weight excluding hydrogens is 366 g/mol. The summed E-state index contributed by atoms with van der Waals surface area (Å²) in [4.78, 5) is 2.48. The van der Waals surface area contributed by atoms with E-state index in [2.05, 4.69) is 31.7 Å². The minimum atomic E-state index is -0.241. The highest BCUT2D eigenvalue weighted by Gasteiger charge is 2.47. The fourth-order valence-electron chi connectivity index (χ4n) is 5.32. The standard InChI is InChI=1S/C24H29NO4/c1-6-24(7-2)21-16(8-9-20(28-4)23(21)29-5)14(3)22-17-13-19(27)18(26)12-15(17)10-11-25(22)24/h8-9,12-13,26-27H,6-7,10-11H2,1-5H3. The molecule has 4 rings (SSSR count). The highest BCUT2D eigenvalue weighted by Crippen LogP contribution is 2.56. The number of rotatable bonds is 4. The van der Waals surface area contributed by atoms with Gasteiger partial charge in [0.2, 0.25) is 0 Å². The molecule has 0 radical (unpaired) electrons. The molecule has 2 aliphatic rings. The number of fused-ring (bicyclic) bond motifs is 4. The Balaban J connectivity index is 2.10. The first-order valence-corrected chi connectivity index (χ1v) is 10.2. The van der Waals surface area contributed by atoms with Gasteiger partial charge in [-0.15, -0.1) is 0 Å². The van der Waals surface area contributed by atoms with E-state index >= 15 is 0 Å². The maximum atomic E-state index is 10.2. The first-order valence-electron chi connectivity index (χ1n) is 10.2. The SMILES string of the molecule is CCC1(CC)c2c(ccc(OC)c2OC)C(C)=C2c3cc(O)c(O)cc3CCN21. The van der Waals surface area contributed by atoms with Crippen molar-refractivity contribution >= 4 is 11.3 Å². The maximum absolute atomic E-state index is 10.2. The zero-order valence-corrected chi connectivity index (χ0v) is 17.8. The van der Waals surface area contributed by atoms with Gasteiger partial charge in [-0.25, -0.2) is 0 Å². The molecule has 5 heteroatoms. The molecule has 5 nitrogen and oxygen atoms in total. The number of phenolic OH excluding ortho intramolecular Hbond substituents is 2. The monoisotopic (exact) mass is 395 g/mol. The summed E-state index contributed by atoms with van der Waals surface area (Å²) < 4.78 is 11.5. The van der Waals surface area contributed by atoms with Crippen LogP contribution in [0.1, 0.15) is 55.9 Å².